The number of alkyl halides is 1. The molecule has 0 aliphatic carbocycles. The fraction of sp³-hybridized carbons (Fsp3) is 0.375. The number of H-pyrrole nitrogens is 1. The maximum absolute atomic E-state index is 14.8. The lowest BCUT2D eigenvalue weighted by molar-refractivity contribution is -0.138. The Kier molecular flexibility index (Phi) is 7.04. The number of benzene rings is 1. The number of carbonyl (C=O) groups is 2. The number of rotatable bonds is 7. The van der Waals surface area contributed by atoms with E-state index >= 15 is 0 Å². The van der Waals surface area contributed by atoms with Crippen molar-refractivity contribution < 1.29 is 18.4 Å². The van der Waals surface area contributed by atoms with Gasteiger partial charge in [0.25, 0.3) is 0 Å². The van der Waals surface area contributed by atoms with Gasteiger partial charge in [-0.3, -0.25) is 9.59 Å². The number of nitrogen functional groups attached to an aromatic ring is 1. The molecule has 35 heavy (non-hydrogen) atoms. The van der Waals surface area contributed by atoms with Gasteiger partial charge in [-0.25, -0.2) is 13.8 Å². The highest BCUT2D eigenvalue weighted by Crippen LogP contribution is 2.30. The number of nitrogens with two attached hydrogens (primary N) is 1. The molecule has 9 nitrogen and oxygen atoms in total. The van der Waals surface area contributed by atoms with Crippen LogP contribution >= 0.6 is 0 Å². The number of hydrogen-bond donors (Lipinski definition) is 3. The van der Waals surface area contributed by atoms with Crippen LogP contribution in [0.15, 0.2) is 42.7 Å². The maximum atomic E-state index is 14.8. The minimum atomic E-state index is -1.35. The minimum absolute atomic E-state index is 0.0233. The average molecular weight is 484 g/mol. The first-order valence-electron chi connectivity index (χ1n) is 11.3. The highest BCUT2D eigenvalue weighted by Gasteiger charge is 2.40. The molecule has 1 aromatic carbocycles. The largest absolute Gasteiger partial charge is 0.383 e. The molecule has 0 bridgehead atoms. The Labute approximate surface area is 201 Å². The van der Waals surface area contributed by atoms with Crippen LogP contribution in [0.5, 0.6) is 0 Å². The summed E-state index contributed by atoms with van der Waals surface area (Å²) in [6, 6.07) is 6.19. The van der Waals surface area contributed by atoms with Crippen molar-refractivity contribution in [2.75, 3.05) is 12.3 Å². The van der Waals surface area contributed by atoms with Gasteiger partial charge in [0.05, 0.1) is 30.9 Å². The number of anilines is 1. The first-order chi connectivity index (χ1) is 16.7. The number of amides is 2. The van der Waals surface area contributed by atoms with Gasteiger partial charge in [0.15, 0.2) is 0 Å². The molecule has 0 saturated carbocycles. The number of carbonyl (C=O) groups excluding carboxylic acids is 2. The Hall–Kier alpha value is -3.89. The molecule has 184 valence electrons. The molecular formula is C24H27F2N7O2. The minimum Gasteiger partial charge on any atom is -0.383 e. The van der Waals surface area contributed by atoms with Crippen LogP contribution in [-0.4, -0.2) is 55.9 Å². The summed E-state index contributed by atoms with van der Waals surface area (Å²) < 4.78 is 29.2. The summed E-state index contributed by atoms with van der Waals surface area (Å²) in [5.74, 6) is -1.28. The van der Waals surface area contributed by atoms with Gasteiger partial charge >= 0.3 is 0 Å². The molecule has 1 fully saturated rings. The van der Waals surface area contributed by atoms with Gasteiger partial charge in [0.2, 0.25) is 11.8 Å². The molecule has 1 saturated heterocycles. The van der Waals surface area contributed by atoms with Crippen molar-refractivity contribution in [1.82, 2.24) is 30.6 Å². The monoisotopic (exact) mass is 483 g/mol. The third-order valence-electron chi connectivity index (χ3n) is 6.12. The van der Waals surface area contributed by atoms with Crippen molar-refractivity contribution in [2.24, 2.45) is 0 Å². The third kappa shape index (κ3) is 5.28. The molecule has 1 aliphatic heterocycles. The van der Waals surface area contributed by atoms with Crippen LogP contribution in [0.2, 0.25) is 0 Å². The maximum Gasteiger partial charge on any atom is 0.243 e. The third-order valence-corrected chi connectivity index (χ3v) is 6.12. The highest BCUT2D eigenvalue weighted by molar-refractivity contribution is 5.89. The predicted molar refractivity (Wildman–Crippen MR) is 124 cm³/mol. The quantitative estimate of drug-likeness (QED) is 0.473. The number of hydrogen-bond acceptors (Lipinski definition) is 6. The lowest BCUT2D eigenvalue weighted by atomic mass is 9.94. The fourth-order valence-corrected chi connectivity index (χ4v) is 4.32. The summed E-state index contributed by atoms with van der Waals surface area (Å²) in [4.78, 5) is 31.5. The Morgan fingerprint density at radius 1 is 1.29 bits per heavy atom. The van der Waals surface area contributed by atoms with Gasteiger partial charge in [-0.15, -0.1) is 0 Å². The van der Waals surface area contributed by atoms with Crippen LogP contribution < -0.4 is 11.1 Å². The lowest BCUT2D eigenvalue weighted by Gasteiger charge is -2.27. The summed E-state index contributed by atoms with van der Waals surface area (Å²) in [5.41, 5.74) is 7.93. The summed E-state index contributed by atoms with van der Waals surface area (Å²) in [5, 5.41) is 12.8. The second kappa shape index (κ2) is 10.2. The number of aromatic amines is 1. The summed E-state index contributed by atoms with van der Waals surface area (Å²) in [7, 11) is 0. The van der Waals surface area contributed by atoms with E-state index in [0.29, 0.717) is 22.4 Å². The van der Waals surface area contributed by atoms with Gasteiger partial charge in [-0.05, 0) is 29.2 Å². The Morgan fingerprint density at radius 3 is 2.74 bits per heavy atom. The molecule has 4 N–H and O–H groups in total. The van der Waals surface area contributed by atoms with Gasteiger partial charge in [0.1, 0.15) is 23.8 Å². The van der Waals surface area contributed by atoms with Crippen molar-refractivity contribution in [1.29, 1.82) is 0 Å². The highest BCUT2D eigenvalue weighted by atomic mass is 19.1. The first-order valence-corrected chi connectivity index (χ1v) is 11.3. The molecule has 3 aromatic rings. The van der Waals surface area contributed by atoms with E-state index in [1.165, 1.54) is 23.4 Å². The van der Waals surface area contributed by atoms with Crippen LogP contribution in [0, 0.1) is 5.82 Å². The van der Waals surface area contributed by atoms with Crippen LogP contribution in [-0.2, 0) is 16.0 Å². The topological polar surface area (TPSA) is 130 Å². The Morgan fingerprint density at radius 2 is 2.09 bits per heavy atom. The Bertz CT molecular complexity index is 1200. The zero-order chi connectivity index (χ0) is 25.1. The number of nitrogens with zero attached hydrogens (tertiary/aromatic N) is 4. The van der Waals surface area contributed by atoms with E-state index in [0.717, 1.165) is 0 Å². The van der Waals surface area contributed by atoms with Crippen LogP contribution in [0.25, 0.3) is 0 Å². The van der Waals surface area contributed by atoms with E-state index in [-0.39, 0.29) is 31.1 Å². The molecule has 0 radical (unpaired) electrons. The summed E-state index contributed by atoms with van der Waals surface area (Å²) in [6.45, 7) is 3.56. The molecule has 4 rings (SSSR count). The van der Waals surface area contributed by atoms with Crippen molar-refractivity contribution in [3.8, 4) is 0 Å². The number of likely N-dealkylation sites (tertiary alicyclic amines) is 1. The molecule has 2 amide bonds. The van der Waals surface area contributed by atoms with Gasteiger partial charge in [-0.2, -0.15) is 15.4 Å². The lowest BCUT2D eigenvalue weighted by Crippen LogP contribution is -2.47. The fourth-order valence-electron chi connectivity index (χ4n) is 4.32. The zero-order valence-corrected chi connectivity index (χ0v) is 19.4. The van der Waals surface area contributed by atoms with E-state index in [4.69, 9.17) is 5.73 Å². The SMILES string of the molecule is CC(C)c1ccc(C(NC(=O)C2CC(F)CN2C(=O)Cc2cn[nH]n2)c2cccnc2N)cc1F. The van der Waals surface area contributed by atoms with E-state index in [1.54, 1.807) is 24.3 Å². The number of nitrogens with one attached hydrogen (secondary N) is 2. The van der Waals surface area contributed by atoms with Crippen molar-refractivity contribution in [2.45, 2.75) is 50.9 Å². The first kappa shape index (κ1) is 24.2. The van der Waals surface area contributed by atoms with Gasteiger partial charge in [-0.1, -0.05) is 32.0 Å². The Balaban J connectivity index is 1.62. The van der Waals surface area contributed by atoms with Crippen molar-refractivity contribution >= 4 is 17.6 Å². The molecule has 3 unspecified atom stereocenters. The molecule has 3 atom stereocenters. The van der Waals surface area contributed by atoms with Crippen LogP contribution in [0.3, 0.4) is 0 Å². The van der Waals surface area contributed by atoms with Gasteiger partial charge < -0.3 is 16.0 Å². The second-order valence-corrected chi connectivity index (χ2v) is 8.89. The van der Waals surface area contributed by atoms with Crippen molar-refractivity contribution in [3.05, 3.63) is 70.9 Å². The number of halogens is 2. The standard InChI is InChI=1S/C24H27F2N7O2/c1-13(2)17-6-5-14(8-19(17)26)22(18-4-3-7-28-23(18)27)30-24(35)20-9-15(25)12-33(20)21(34)10-16-11-29-32-31-16/h3-8,11,13,15,20,22H,9-10,12H2,1-2H3,(H2,27,28)(H,30,35)(H,29,31,32). The molecule has 2 aromatic heterocycles. The molecule has 3 heterocycles. The number of pyridine rings is 1. The molecular weight excluding hydrogens is 456 g/mol. The second-order valence-electron chi connectivity index (χ2n) is 8.89. The summed E-state index contributed by atoms with van der Waals surface area (Å²) >= 11 is 0. The molecule has 1 aliphatic rings. The summed E-state index contributed by atoms with van der Waals surface area (Å²) in [6.07, 6.45) is 1.29. The normalized spacial score (nSPS) is 18.6. The molecule has 11 heteroatoms. The van der Waals surface area contributed by atoms with E-state index in [9.17, 15) is 18.4 Å². The smallest absolute Gasteiger partial charge is 0.243 e. The van der Waals surface area contributed by atoms with E-state index in [1.807, 2.05) is 13.8 Å². The van der Waals surface area contributed by atoms with Crippen LogP contribution in [0.4, 0.5) is 14.6 Å². The van der Waals surface area contributed by atoms with E-state index in [2.05, 4.69) is 25.7 Å². The van der Waals surface area contributed by atoms with Gasteiger partial charge in [0, 0.05) is 18.2 Å². The van der Waals surface area contributed by atoms with Crippen LogP contribution in [0.1, 0.15) is 54.6 Å². The molecule has 0 spiro atoms. The van der Waals surface area contributed by atoms with Crippen molar-refractivity contribution in [3.63, 3.8) is 0 Å². The zero-order valence-electron chi connectivity index (χ0n) is 19.4. The average Bonchev–Trinajstić information content (AvgIpc) is 3.47. The predicted octanol–water partition coefficient (Wildman–Crippen LogP) is 2.43. The number of aromatic nitrogens is 4. The van der Waals surface area contributed by atoms with E-state index < -0.39 is 35.9 Å².